The molecule has 1 aliphatic heterocycles. The van der Waals surface area contributed by atoms with E-state index in [4.69, 9.17) is 15.5 Å². The molecule has 5 nitrogen and oxygen atoms in total. The Balaban J connectivity index is 1.27. The molecule has 5 heteroatoms. The summed E-state index contributed by atoms with van der Waals surface area (Å²) in [5.41, 5.74) is 9.28. The van der Waals surface area contributed by atoms with Crippen molar-refractivity contribution in [2.75, 3.05) is 29.9 Å². The Bertz CT molecular complexity index is 711. The van der Waals surface area contributed by atoms with Crippen molar-refractivity contribution in [3.8, 4) is 0 Å². The number of pyridine rings is 1. The molecule has 154 valence electrons. The monoisotopic (exact) mass is 384 g/mol. The van der Waals surface area contributed by atoms with Crippen LogP contribution in [0.4, 0.5) is 11.5 Å². The highest BCUT2D eigenvalue weighted by atomic mass is 16.5. The third-order valence-corrected chi connectivity index (χ3v) is 7.94. The van der Waals surface area contributed by atoms with Crippen molar-refractivity contribution in [3.63, 3.8) is 0 Å². The molecule has 1 aromatic heterocycles. The highest BCUT2D eigenvalue weighted by Gasteiger charge is 2.54. The van der Waals surface area contributed by atoms with Crippen LogP contribution < -0.4 is 16.0 Å². The fraction of sp³-hybridized carbons (Fsp3) is 0.783. The van der Waals surface area contributed by atoms with Gasteiger partial charge in [-0.15, -0.1) is 0 Å². The Morgan fingerprint density at radius 2 is 1.82 bits per heavy atom. The Kier molecular flexibility index (Phi) is 4.59. The highest BCUT2D eigenvalue weighted by molar-refractivity contribution is 5.54. The van der Waals surface area contributed by atoms with Crippen LogP contribution in [0.25, 0.3) is 0 Å². The molecule has 0 spiro atoms. The van der Waals surface area contributed by atoms with E-state index in [1.165, 1.54) is 37.8 Å². The molecule has 6 rings (SSSR count). The molecular formula is C23H36N4O. The SMILES string of the molecule is Cc1nc(N2CC(C)OC(C)C2)ccc1NCC12CC3CC(C1)C(N)C(C3)C2. The molecule has 0 aromatic carbocycles. The predicted octanol–water partition coefficient (Wildman–Crippen LogP) is 3.57. The summed E-state index contributed by atoms with van der Waals surface area (Å²) >= 11 is 0. The van der Waals surface area contributed by atoms with Gasteiger partial charge in [0.25, 0.3) is 0 Å². The standard InChI is InChI=1S/C23H36N4O/c1-14-11-27(12-15(2)28-14)21-5-4-20(16(3)26-21)25-13-23-8-17-6-18(9-23)22(24)19(7-17)10-23/h4-5,14-15,17-19,22,25H,6-13,24H2,1-3H3. The summed E-state index contributed by atoms with van der Waals surface area (Å²) in [7, 11) is 0. The van der Waals surface area contributed by atoms with E-state index >= 15 is 0 Å². The maximum Gasteiger partial charge on any atom is 0.129 e. The predicted molar refractivity (Wildman–Crippen MR) is 114 cm³/mol. The zero-order valence-corrected chi connectivity index (χ0v) is 17.7. The van der Waals surface area contributed by atoms with Crippen LogP contribution >= 0.6 is 0 Å². The average Bonchev–Trinajstić information content (AvgIpc) is 2.63. The van der Waals surface area contributed by atoms with Crippen LogP contribution in [-0.4, -0.2) is 42.9 Å². The van der Waals surface area contributed by atoms with E-state index in [0.717, 1.165) is 48.9 Å². The summed E-state index contributed by atoms with van der Waals surface area (Å²) in [6.07, 6.45) is 7.31. The van der Waals surface area contributed by atoms with Crippen LogP contribution in [0.5, 0.6) is 0 Å². The van der Waals surface area contributed by atoms with Gasteiger partial charge in [-0.25, -0.2) is 4.98 Å². The van der Waals surface area contributed by atoms with Gasteiger partial charge in [0.1, 0.15) is 5.82 Å². The Labute approximate surface area is 169 Å². The first-order chi connectivity index (χ1) is 13.4. The van der Waals surface area contributed by atoms with Gasteiger partial charge < -0.3 is 20.7 Å². The number of anilines is 2. The second kappa shape index (κ2) is 6.88. The molecule has 1 saturated heterocycles. The third-order valence-electron chi connectivity index (χ3n) is 7.94. The molecule has 3 N–H and O–H groups in total. The van der Waals surface area contributed by atoms with Gasteiger partial charge in [0.15, 0.2) is 0 Å². The van der Waals surface area contributed by atoms with Crippen molar-refractivity contribution in [1.82, 2.24) is 4.98 Å². The Morgan fingerprint density at radius 1 is 1.14 bits per heavy atom. The smallest absolute Gasteiger partial charge is 0.129 e. The molecule has 2 heterocycles. The van der Waals surface area contributed by atoms with E-state index in [1.54, 1.807) is 0 Å². The third kappa shape index (κ3) is 3.30. The van der Waals surface area contributed by atoms with Crippen LogP contribution in [0.2, 0.25) is 0 Å². The van der Waals surface area contributed by atoms with E-state index in [1.807, 2.05) is 0 Å². The van der Waals surface area contributed by atoms with Crippen molar-refractivity contribution in [3.05, 3.63) is 17.8 Å². The molecule has 5 aliphatic rings. The molecule has 4 atom stereocenters. The number of hydrogen-bond acceptors (Lipinski definition) is 5. The van der Waals surface area contributed by atoms with Crippen molar-refractivity contribution >= 4 is 11.5 Å². The maximum absolute atomic E-state index is 6.52. The van der Waals surface area contributed by atoms with E-state index in [0.29, 0.717) is 11.5 Å². The number of aryl methyl sites for hydroxylation is 1. The van der Waals surface area contributed by atoms with Crippen LogP contribution in [-0.2, 0) is 4.74 Å². The number of nitrogens with two attached hydrogens (primary N) is 1. The van der Waals surface area contributed by atoms with Gasteiger partial charge >= 0.3 is 0 Å². The zero-order valence-electron chi connectivity index (χ0n) is 17.7. The first-order valence-corrected chi connectivity index (χ1v) is 11.3. The minimum absolute atomic E-state index is 0.256. The van der Waals surface area contributed by atoms with Crippen molar-refractivity contribution in [1.29, 1.82) is 0 Å². The van der Waals surface area contributed by atoms with Crippen LogP contribution in [0, 0.1) is 30.1 Å². The molecule has 0 amide bonds. The normalized spacial score (nSPS) is 42.1. The second-order valence-corrected chi connectivity index (χ2v) is 10.4. The first kappa shape index (κ1) is 18.7. The quantitative estimate of drug-likeness (QED) is 0.831. The fourth-order valence-corrected chi connectivity index (χ4v) is 7.01. The lowest BCUT2D eigenvalue weighted by Crippen LogP contribution is -2.58. The van der Waals surface area contributed by atoms with Crippen molar-refractivity contribution in [2.24, 2.45) is 28.9 Å². The highest BCUT2D eigenvalue weighted by Crippen LogP contribution is 2.59. The minimum atomic E-state index is 0.256. The summed E-state index contributed by atoms with van der Waals surface area (Å²) in [4.78, 5) is 7.29. The van der Waals surface area contributed by atoms with Gasteiger partial charge in [-0.2, -0.15) is 0 Å². The molecule has 4 aliphatic carbocycles. The summed E-state index contributed by atoms with van der Waals surface area (Å²) in [5, 5.41) is 3.79. The largest absolute Gasteiger partial charge is 0.383 e. The Hall–Kier alpha value is -1.33. The van der Waals surface area contributed by atoms with Gasteiger partial charge in [-0.05, 0) is 88.2 Å². The van der Waals surface area contributed by atoms with Gasteiger partial charge in [-0.3, -0.25) is 0 Å². The number of morpholine rings is 1. The molecule has 1 aromatic rings. The topological polar surface area (TPSA) is 63.4 Å². The van der Waals surface area contributed by atoms with Crippen LogP contribution in [0.15, 0.2) is 12.1 Å². The summed E-state index contributed by atoms with van der Waals surface area (Å²) < 4.78 is 5.86. The van der Waals surface area contributed by atoms with E-state index < -0.39 is 0 Å². The summed E-state index contributed by atoms with van der Waals surface area (Å²) in [6, 6.07) is 4.87. The number of rotatable bonds is 4. The van der Waals surface area contributed by atoms with Crippen molar-refractivity contribution in [2.45, 2.75) is 71.1 Å². The van der Waals surface area contributed by atoms with Crippen molar-refractivity contribution < 1.29 is 4.74 Å². The van der Waals surface area contributed by atoms with E-state index in [2.05, 4.69) is 43.1 Å². The molecule has 4 bridgehead atoms. The van der Waals surface area contributed by atoms with Crippen LogP contribution in [0.3, 0.4) is 0 Å². The van der Waals surface area contributed by atoms with Gasteiger partial charge in [0.2, 0.25) is 0 Å². The lowest BCUT2D eigenvalue weighted by Gasteiger charge is -2.59. The molecule has 28 heavy (non-hydrogen) atoms. The fourth-order valence-electron chi connectivity index (χ4n) is 7.01. The molecule has 0 radical (unpaired) electrons. The number of aromatic nitrogens is 1. The maximum atomic E-state index is 6.52. The molecule has 5 fully saturated rings. The number of nitrogens with one attached hydrogen (secondary N) is 1. The Morgan fingerprint density at radius 3 is 2.46 bits per heavy atom. The van der Waals surface area contributed by atoms with Crippen LogP contribution in [0.1, 0.15) is 51.6 Å². The summed E-state index contributed by atoms with van der Waals surface area (Å²) in [6.45, 7) is 9.32. The molecule has 4 saturated carbocycles. The van der Waals surface area contributed by atoms with Gasteiger partial charge in [0, 0.05) is 25.7 Å². The second-order valence-electron chi connectivity index (χ2n) is 10.4. The first-order valence-electron chi connectivity index (χ1n) is 11.3. The lowest BCUT2D eigenvalue weighted by molar-refractivity contribution is -0.0591. The van der Waals surface area contributed by atoms with Gasteiger partial charge in [-0.1, -0.05) is 0 Å². The number of nitrogens with zero attached hydrogens (tertiary/aromatic N) is 2. The van der Waals surface area contributed by atoms with E-state index in [-0.39, 0.29) is 12.2 Å². The summed E-state index contributed by atoms with van der Waals surface area (Å²) in [5.74, 6) is 3.52. The zero-order chi connectivity index (χ0) is 19.5. The van der Waals surface area contributed by atoms with E-state index in [9.17, 15) is 0 Å². The van der Waals surface area contributed by atoms with Gasteiger partial charge in [0.05, 0.1) is 23.6 Å². The average molecular weight is 385 g/mol. The lowest BCUT2D eigenvalue weighted by atomic mass is 9.48. The molecular weight excluding hydrogens is 348 g/mol. The number of hydrogen-bond donors (Lipinski definition) is 2. The molecule has 4 unspecified atom stereocenters. The minimum Gasteiger partial charge on any atom is -0.383 e. The number of ether oxygens (including phenoxy) is 1.